The van der Waals surface area contributed by atoms with Crippen LogP contribution in [0.1, 0.15) is 33.7 Å². The van der Waals surface area contributed by atoms with Crippen LogP contribution in [-0.2, 0) is 0 Å². The molecule has 1 aromatic carbocycles. The summed E-state index contributed by atoms with van der Waals surface area (Å²) in [5.41, 5.74) is 2.01. The minimum atomic E-state index is -0.127. The lowest BCUT2D eigenvalue weighted by Crippen LogP contribution is -2.49. The van der Waals surface area contributed by atoms with Gasteiger partial charge in [0.05, 0.1) is 0 Å². The lowest BCUT2D eigenvalue weighted by Gasteiger charge is -2.36. The minimum absolute atomic E-state index is 0.112. The summed E-state index contributed by atoms with van der Waals surface area (Å²) >= 11 is 0. The van der Waals surface area contributed by atoms with Crippen LogP contribution in [0.2, 0.25) is 0 Å². The second kappa shape index (κ2) is 7.15. The molecule has 1 aliphatic carbocycles. The molecule has 0 radical (unpaired) electrons. The van der Waals surface area contributed by atoms with Crippen LogP contribution >= 0.6 is 0 Å². The van der Waals surface area contributed by atoms with Gasteiger partial charge in [-0.25, -0.2) is 0 Å². The van der Waals surface area contributed by atoms with Crippen LogP contribution in [-0.4, -0.2) is 53.9 Å². The van der Waals surface area contributed by atoms with Gasteiger partial charge in [0.1, 0.15) is 5.69 Å². The van der Waals surface area contributed by atoms with Crippen molar-refractivity contribution < 1.29 is 9.59 Å². The van der Waals surface area contributed by atoms with E-state index in [0.29, 0.717) is 30.4 Å². The average Bonchev–Trinajstić information content (AvgIpc) is 3.52. The normalized spacial score (nSPS) is 17.1. The number of nitrogens with one attached hydrogen (secondary N) is 1. The summed E-state index contributed by atoms with van der Waals surface area (Å²) < 4.78 is 0. The van der Waals surface area contributed by atoms with Crippen LogP contribution < -0.4 is 10.2 Å². The zero-order valence-electron chi connectivity index (χ0n) is 14.6. The van der Waals surface area contributed by atoms with Crippen LogP contribution in [0, 0.1) is 0 Å². The summed E-state index contributed by atoms with van der Waals surface area (Å²) in [5, 5.41) is 2.94. The highest BCUT2D eigenvalue weighted by molar-refractivity contribution is 5.98. The van der Waals surface area contributed by atoms with Crippen LogP contribution in [0.25, 0.3) is 0 Å². The zero-order valence-corrected chi connectivity index (χ0v) is 14.6. The smallest absolute Gasteiger partial charge is 0.272 e. The van der Waals surface area contributed by atoms with Crippen LogP contribution in [0.15, 0.2) is 48.7 Å². The fourth-order valence-corrected chi connectivity index (χ4v) is 3.15. The molecule has 2 amide bonds. The Bertz CT molecular complexity index is 796. The maximum absolute atomic E-state index is 12.8. The molecule has 6 nitrogen and oxygen atoms in total. The van der Waals surface area contributed by atoms with Gasteiger partial charge in [-0.3, -0.25) is 14.6 Å². The van der Waals surface area contributed by atoms with E-state index in [0.717, 1.165) is 25.9 Å². The minimum Gasteiger partial charge on any atom is -0.368 e. The number of benzene rings is 1. The van der Waals surface area contributed by atoms with Crippen molar-refractivity contribution in [2.75, 3.05) is 31.1 Å². The molecule has 134 valence electrons. The first-order valence-corrected chi connectivity index (χ1v) is 9.07. The Hall–Kier alpha value is -2.89. The molecule has 1 aromatic heterocycles. The number of hydrogen-bond donors (Lipinski definition) is 1. The molecule has 6 heteroatoms. The van der Waals surface area contributed by atoms with E-state index < -0.39 is 0 Å². The van der Waals surface area contributed by atoms with Crippen LogP contribution in [0.4, 0.5) is 5.69 Å². The van der Waals surface area contributed by atoms with Gasteiger partial charge in [0.25, 0.3) is 11.8 Å². The Morgan fingerprint density at radius 1 is 1.00 bits per heavy atom. The van der Waals surface area contributed by atoms with E-state index in [4.69, 9.17) is 0 Å². The Balaban J connectivity index is 1.39. The zero-order chi connectivity index (χ0) is 17.9. The number of anilines is 1. The number of aromatic nitrogens is 1. The van der Waals surface area contributed by atoms with Crippen LogP contribution in [0.5, 0.6) is 0 Å². The predicted molar refractivity (Wildman–Crippen MR) is 99.3 cm³/mol. The molecule has 4 rings (SSSR count). The molecule has 1 saturated carbocycles. The molecule has 2 aliphatic rings. The highest BCUT2D eigenvalue weighted by Crippen LogP contribution is 2.20. The molecule has 1 saturated heterocycles. The number of para-hydroxylation sites is 1. The molecule has 0 bridgehead atoms. The number of piperazine rings is 1. The number of pyridine rings is 1. The van der Waals surface area contributed by atoms with E-state index in [1.54, 1.807) is 12.1 Å². The number of carbonyl (C=O) groups is 2. The van der Waals surface area contributed by atoms with Crippen molar-refractivity contribution >= 4 is 17.5 Å². The first kappa shape index (κ1) is 16.6. The number of hydrogen-bond acceptors (Lipinski definition) is 4. The van der Waals surface area contributed by atoms with Crippen molar-refractivity contribution in [2.45, 2.75) is 18.9 Å². The van der Waals surface area contributed by atoms with Gasteiger partial charge in [0, 0.05) is 49.7 Å². The van der Waals surface area contributed by atoms with Gasteiger partial charge in [-0.15, -0.1) is 0 Å². The largest absolute Gasteiger partial charge is 0.368 e. The Kier molecular flexibility index (Phi) is 4.56. The van der Waals surface area contributed by atoms with Gasteiger partial charge >= 0.3 is 0 Å². The van der Waals surface area contributed by atoms with E-state index in [2.05, 4.69) is 27.3 Å². The molecule has 26 heavy (non-hydrogen) atoms. The summed E-state index contributed by atoms with van der Waals surface area (Å²) in [5.74, 6) is -0.239. The molecule has 1 aliphatic heterocycles. The molecular formula is C20H22N4O2. The highest BCUT2D eigenvalue weighted by atomic mass is 16.2. The second-order valence-corrected chi connectivity index (χ2v) is 6.79. The van der Waals surface area contributed by atoms with Crippen molar-refractivity contribution in [2.24, 2.45) is 0 Å². The Labute approximate surface area is 152 Å². The Morgan fingerprint density at radius 2 is 1.73 bits per heavy atom. The second-order valence-electron chi connectivity index (χ2n) is 6.79. The lowest BCUT2D eigenvalue weighted by atomic mass is 10.2. The fraction of sp³-hybridized carbons (Fsp3) is 0.350. The molecule has 0 atom stereocenters. The monoisotopic (exact) mass is 350 g/mol. The standard InChI is InChI=1S/C20H22N4O2/c25-19(22-16-6-7-16)15-8-9-21-18(14-15)20(26)24-12-10-23(11-13-24)17-4-2-1-3-5-17/h1-5,8-9,14,16H,6-7,10-13H2,(H,22,25). The molecule has 0 unspecified atom stereocenters. The van der Waals surface area contributed by atoms with Crippen molar-refractivity contribution in [3.05, 3.63) is 59.9 Å². The van der Waals surface area contributed by atoms with Gasteiger partial charge in [0.2, 0.25) is 0 Å². The third-order valence-electron chi connectivity index (χ3n) is 4.84. The molecule has 0 spiro atoms. The first-order chi connectivity index (χ1) is 12.7. The fourth-order valence-electron chi connectivity index (χ4n) is 3.15. The highest BCUT2D eigenvalue weighted by Gasteiger charge is 2.26. The SMILES string of the molecule is O=C(NC1CC1)c1ccnc(C(=O)N2CCN(c3ccccc3)CC2)c1. The van der Waals surface area contributed by atoms with Gasteiger partial charge in [-0.05, 0) is 37.1 Å². The number of carbonyl (C=O) groups excluding carboxylic acids is 2. The predicted octanol–water partition coefficient (Wildman–Crippen LogP) is 1.94. The maximum Gasteiger partial charge on any atom is 0.272 e. The van der Waals surface area contributed by atoms with Gasteiger partial charge in [-0.1, -0.05) is 18.2 Å². The summed E-state index contributed by atoms with van der Waals surface area (Å²) in [7, 11) is 0. The van der Waals surface area contributed by atoms with E-state index in [1.807, 2.05) is 23.1 Å². The quantitative estimate of drug-likeness (QED) is 0.915. The van der Waals surface area contributed by atoms with Crippen molar-refractivity contribution in [1.29, 1.82) is 0 Å². The van der Waals surface area contributed by atoms with E-state index >= 15 is 0 Å². The summed E-state index contributed by atoms with van der Waals surface area (Å²) in [4.78, 5) is 33.2. The van der Waals surface area contributed by atoms with E-state index in [-0.39, 0.29) is 11.8 Å². The van der Waals surface area contributed by atoms with Crippen molar-refractivity contribution in [3.63, 3.8) is 0 Å². The first-order valence-electron chi connectivity index (χ1n) is 9.07. The molecule has 2 fully saturated rings. The third-order valence-corrected chi connectivity index (χ3v) is 4.84. The number of rotatable bonds is 4. The number of amides is 2. The van der Waals surface area contributed by atoms with Gasteiger partial charge in [-0.2, -0.15) is 0 Å². The average molecular weight is 350 g/mol. The van der Waals surface area contributed by atoms with Crippen molar-refractivity contribution in [1.82, 2.24) is 15.2 Å². The summed E-state index contributed by atoms with van der Waals surface area (Å²) in [6.07, 6.45) is 3.61. The van der Waals surface area contributed by atoms with Gasteiger partial charge < -0.3 is 15.1 Å². The van der Waals surface area contributed by atoms with E-state index in [9.17, 15) is 9.59 Å². The lowest BCUT2D eigenvalue weighted by molar-refractivity contribution is 0.0741. The van der Waals surface area contributed by atoms with E-state index in [1.165, 1.54) is 11.9 Å². The third kappa shape index (κ3) is 3.69. The van der Waals surface area contributed by atoms with Gasteiger partial charge in [0.15, 0.2) is 0 Å². The maximum atomic E-state index is 12.8. The number of nitrogens with zero attached hydrogens (tertiary/aromatic N) is 3. The Morgan fingerprint density at radius 3 is 2.42 bits per heavy atom. The molecule has 2 aromatic rings. The molecular weight excluding hydrogens is 328 g/mol. The molecule has 2 heterocycles. The topological polar surface area (TPSA) is 65.5 Å². The summed E-state index contributed by atoms with van der Waals surface area (Å²) in [6.45, 7) is 2.87. The molecule has 1 N–H and O–H groups in total. The van der Waals surface area contributed by atoms with Crippen molar-refractivity contribution in [3.8, 4) is 0 Å². The van der Waals surface area contributed by atoms with Crippen LogP contribution in [0.3, 0.4) is 0 Å². The summed E-state index contributed by atoms with van der Waals surface area (Å²) in [6, 6.07) is 13.8.